The minimum absolute atomic E-state index is 0.391. The van der Waals surface area contributed by atoms with Crippen LogP contribution in [0.1, 0.15) is 10.4 Å². The fourth-order valence-corrected chi connectivity index (χ4v) is 3.71. The lowest BCUT2D eigenvalue weighted by Gasteiger charge is -2.15. The second-order valence-corrected chi connectivity index (χ2v) is 13.4. The lowest BCUT2D eigenvalue weighted by Crippen LogP contribution is -2.22. The zero-order valence-corrected chi connectivity index (χ0v) is 17.0. The third-order valence-corrected chi connectivity index (χ3v) is 6.16. The maximum Gasteiger partial charge on any atom is 0.150 e. The Morgan fingerprint density at radius 2 is 2.08 bits per heavy atom. The number of fused-ring (bicyclic) bond motifs is 1. The van der Waals surface area contributed by atoms with Gasteiger partial charge in [0.05, 0.1) is 5.39 Å². The number of aldehydes is 1. The highest BCUT2D eigenvalue weighted by Gasteiger charge is 2.16. The Hall–Kier alpha value is -2.02. The van der Waals surface area contributed by atoms with Crippen LogP contribution < -0.4 is 0 Å². The lowest BCUT2D eigenvalue weighted by molar-refractivity contribution is 0.0899. The molecule has 0 amide bonds. The van der Waals surface area contributed by atoms with E-state index in [0.29, 0.717) is 17.4 Å². The molecule has 0 aliphatic carbocycles. The zero-order valence-electron chi connectivity index (χ0n) is 15.2. The van der Waals surface area contributed by atoms with Crippen LogP contribution in [0.15, 0.2) is 36.8 Å². The summed E-state index contributed by atoms with van der Waals surface area (Å²) >= 11 is 6.35. The number of carbonyl (C=O) groups excluding carboxylic acids is 1. The number of benzene rings is 1. The van der Waals surface area contributed by atoms with Crippen molar-refractivity contribution in [1.82, 2.24) is 14.5 Å². The fraction of sp³-hybridized carbons (Fsp3) is 0.316. The van der Waals surface area contributed by atoms with Crippen molar-refractivity contribution in [3.63, 3.8) is 0 Å². The minimum atomic E-state index is -1.13. The molecule has 136 valence electrons. The van der Waals surface area contributed by atoms with Crippen LogP contribution in [0.4, 0.5) is 0 Å². The van der Waals surface area contributed by atoms with E-state index in [1.54, 1.807) is 6.07 Å². The Balaban J connectivity index is 1.95. The summed E-state index contributed by atoms with van der Waals surface area (Å²) in [7, 11) is -1.13. The van der Waals surface area contributed by atoms with Crippen LogP contribution in [-0.2, 0) is 11.5 Å². The van der Waals surface area contributed by atoms with Crippen molar-refractivity contribution in [2.75, 3.05) is 6.61 Å². The van der Waals surface area contributed by atoms with Crippen LogP contribution in [0, 0.1) is 0 Å². The van der Waals surface area contributed by atoms with Gasteiger partial charge in [0.2, 0.25) is 0 Å². The Kier molecular flexibility index (Phi) is 5.55. The van der Waals surface area contributed by atoms with E-state index >= 15 is 0 Å². The van der Waals surface area contributed by atoms with Crippen LogP contribution in [0.2, 0.25) is 30.8 Å². The summed E-state index contributed by atoms with van der Waals surface area (Å²) in [5.74, 6) is 0. The summed E-state index contributed by atoms with van der Waals surface area (Å²) in [6.45, 7) is 8.11. The number of hydrogen-bond acceptors (Lipinski definition) is 4. The molecule has 3 rings (SSSR count). The summed E-state index contributed by atoms with van der Waals surface area (Å²) in [5.41, 5.74) is 3.13. The van der Waals surface area contributed by atoms with Crippen LogP contribution in [0.25, 0.3) is 22.2 Å². The number of hydrogen-bond donors (Lipinski definition) is 0. The van der Waals surface area contributed by atoms with E-state index in [-0.39, 0.29) is 0 Å². The molecule has 0 N–H and O–H groups in total. The van der Waals surface area contributed by atoms with Crippen LogP contribution in [0.3, 0.4) is 0 Å². The number of nitrogens with zero attached hydrogens (tertiary/aromatic N) is 3. The second-order valence-electron chi connectivity index (χ2n) is 7.47. The first-order valence-corrected chi connectivity index (χ1v) is 12.6. The van der Waals surface area contributed by atoms with Crippen LogP contribution >= 0.6 is 11.6 Å². The molecule has 0 atom stereocenters. The smallest absolute Gasteiger partial charge is 0.150 e. The van der Waals surface area contributed by atoms with Gasteiger partial charge in [-0.2, -0.15) is 0 Å². The topological polar surface area (TPSA) is 57.0 Å². The van der Waals surface area contributed by atoms with Crippen molar-refractivity contribution in [3.8, 4) is 11.1 Å². The summed E-state index contributed by atoms with van der Waals surface area (Å²) in [5, 5.41) is 1.16. The molecule has 0 bridgehead atoms. The Morgan fingerprint density at radius 3 is 2.81 bits per heavy atom. The van der Waals surface area contributed by atoms with E-state index in [4.69, 9.17) is 16.3 Å². The Morgan fingerprint density at radius 1 is 1.27 bits per heavy atom. The molecule has 0 aliphatic heterocycles. The van der Waals surface area contributed by atoms with Crippen LogP contribution in [-0.4, -0.2) is 35.5 Å². The van der Waals surface area contributed by atoms with Gasteiger partial charge in [0.1, 0.15) is 30.1 Å². The number of rotatable bonds is 7. The maximum absolute atomic E-state index is 11.1. The third kappa shape index (κ3) is 4.20. The third-order valence-electron chi connectivity index (χ3n) is 4.17. The van der Waals surface area contributed by atoms with E-state index in [1.807, 2.05) is 29.0 Å². The van der Waals surface area contributed by atoms with Gasteiger partial charge in [0, 0.05) is 32.0 Å². The van der Waals surface area contributed by atoms with Gasteiger partial charge in [0.25, 0.3) is 0 Å². The quantitative estimate of drug-likeness (QED) is 0.251. The SMILES string of the molecule is C[Si](C)(C)CCOCn1cc(-c2cccc(C=O)c2)c2c(Cl)ncnc21. The molecular formula is C19H22ClN3O2Si. The number of halogens is 1. The van der Waals surface area contributed by atoms with Crippen LogP contribution in [0.5, 0.6) is 0 Å². The number of carbonyl (C=O) groups is 1. The summed E-state index contributed by atoms with van der Waals surface area (Å²) < 4.78 is 7.82. The molecular weight excluding hydrogens is 366 g/mol. The average Bonchev–Trinajstić information content (AvgIpc) is 2.98. The fourth-order valence-electron chi connectivity index (χ4n) is 2.72. The molecule has 0 spiro atoms. The first-order chi connectivity index (χ1) is 12.4. The van der Waals surface area contributed by atoms with Gasteiger partial charge < -0.3 is 9.30 Å². The van der Waals surface area contributed by atoms with Crippen molar-refractivity contribution in [2.45, 2.75) is 32.4 Å². The van der Waals surface area contributed by atoms with E-state index in [9.17, 15) is 4.79 Å². The minimum Gasteiger partial charge on any atom is -0.361 e. The number of aromatic nitrogens is 3. The normalized spacial score (nSPS) is 11.8. The number of ether oxygens (including phenoxy) is 1. The molecule has 7 heteroatoms. The Bertz CT molecular complexity index is 934. The predicted octanol–water partition coefficient (Wildman–Crippen LogP) is 4.88. The molecule has 5 nitrogen and oxygen atoms in total. The standard InChI is InChI=1S/C19H22ClN3O2Si/c1-26(2,3)8-7-25-13-23-10-16(15-6-4-5-14(9-15)11-24)17-18(20)21-12-22-19(17)23/h4-6,9-12H,7-8,13H2,1-3H3. The highest BCUT2D eigenvalue weighted by Crippen LogP contribution is 2.33. The van der Waals surface area contributed by atoms with Gasteiger partial charge in [-0.1, -0.05) is 49.4 Å². The zero-order chi connectivity index (χ0) is 18.7. The van der Waals surface area contributed by atoms with E-state index in [2.05, 4.69) is 29.6 Å². The highest BCUT2D eigenvalue weighted by molar-refractivity contribution is 6.76. The van der Waals surface area contributed by atoms with E-state index in [1.165, 1.54) is 6.33 Å². The first-order valence-electron chi connectivity index (χ1n) is 8.52. The Labute approximate surface area is 159 Å². The van der Waals surface area contributed by atoms with Crippen molar-refractivity contribution in [3.05, 3.63) is 47.5 Å². The largest absolute Gasteiger partial charge is 0.361 e. The van der Waals surface area contributed by atoms with Gasteiger partial charge in [-0.15, -0.1) is 0 Å². The lowest BCUT2D eigenvalue weighted by atomic mass is 10.0. The molecule has 0 fully saturated rings. The monoisotopic (exact) mass is 387 g/mol. The molecule has 0 aliphatic rings. The summed E-state index contributed by atoms with van der Waals surface area (Å²) in [6.07, 6.45) is 4.25. The molecule has 3 aromatic rings. The van der Waals surface area contributed by atoms with Gasteiger partial charge in [-0.3, -0.25) is 4.79 Å². The van der Waals surface area contributed by atoms with Crippen molar-refractivity contribution in [1.29, 1.82) is 0 Å². The van der Waals surface area contributed by atoms with Gasteiger partial charge >= 0.3 is 0 Å². The van der Waals surface area contributed by atoms with E-state index in [0.717, 1.165) is 41.1 Å². The highest BCUT2D eigenvalue weighted by atomic mass is 35.5. The first kappa shape index (κ1) is 18.8. The molecule has 26 heavy (non-hydrogen) atoms. The molecule has 2 aromatic heterocycles. The summed E-state index contributed by atoms with van der Waals surface area (Å²) in [6, 6.07) is 8.51. The molecule has 2 heterocycles. The maximum atomic E-state index is 11.1. The van der Waals surface area contributed by atoms with Crippen molar-refractivity contribution in [2.24, 2.45) is 0 Å². The van der Waals surface area contributed by atoms with E-state index < -0.39 is 8.07 Å². The predicted molar refractivity (Wildman–Crippen MR) is 107 cm³/mol. The van der Waals surface area contributed by atoms with Crippen molar-refractivity contribution < 1.29 is 9.53 Å². The van der Waals surface area contributed by atoms with Gasteiger partial charge in [-0.05, 0) is 17.7 Å². The molecule has 0 unspecified atom stereocenters. The second kappa shape index (κ2) is 7.69. The molecule has 1 aromatic carbocycles. The van der Waals surface area contributed by atoms with Gasteiger partial charge in [-0.25, -0.2) is 9.97 Å². The molecule has 0 saturated carbocycles. The van der Waals surface area contributed by atoms with Gasteiger partial charge in [0.15, 0.2) is 0 Å². The molecule has 0 saturated heterocycles. The van der Waals surface area contributed by atoms with Crippen molar-refractivity contribution >= 4 is 37.0 Å². The average molecular weight is 388 g/mol. The summed E-state index contributed by atoms with van der Waals surface area (Å²) in [4.78, 5) is 19.6. The molecule has 0 radical (unpaired) electrons.